The molecule has 0 aliphatic rings. The first-order valence-corrected chi connectivity index (χ1v) is 7.42. The summed E-state index contributed by atoms with van der Waals surface area (Å²) in [6.45, 7) is 2.58. The van der Waals surface area contributed by atoms with Crippen molar-refractivity contribution in [1.82, 2.24) is 10.3 Å². The predicted octanol–water partition coefficient (Wildman–Crippen LogP) is 3.94. The Morgan fingerprint density at radius 2 is 1.80 bits per heavy atom. The van der Waals surface area contributed by atoms with Crippen LogP contribution in [0.4, 0.5) is 17.6 Å². The molecule has 7 heteroatoms. The first-order valence-electron chi connectivity index (χ1n) is 7.42. The van der Waals surface area contributed by atoms with E-state index in [-0.39, 0.29) is 5.69 Å². The molecule has 0 radical (unpaired) electrons. The summed E-state index contributed by atoms with van der Waals surface area (Å²) in [5.41, 5.74) is 0.768. The van der Waals surface area contributed by atoms with Gasteiger partial charge in [-0.3, -0.25) is 4.79 Å². The first kappa shape index (κ1) is 20.2. The third-order valence-corrected chi connectivity index (χ3v) is 2.62. The number of carbonyl (C=O) groups is 1. The van der Waals surface area contributed by atoms with Crippen LogP contribution >= 0.6 is 0 Å². The number of amides is 1. The molecule has 0 aliphatic carbocycles. The number of rotatable bonds is 2. The molecule has 1 aromatic heterocycles. The molecular formula is C18H16F4N2O. The van der Waals surface area contributed by atoms with Crippen LogP contribution in [0, 0.1) is 17.7 Å². The van der Waals surface area contributed by atoms with Crippen LogP contribution in [-0.4, -0.2) is 23.6 Å². The molecule has 0 spiro atoms. The van der Waals surface area contributed by atoms with Crippen LogP contribution in [0.15, 0.2) is 42.6 Å². The lowest BCUT2D eigenvalue weighted by molar-refractivity contribution is -0.123. The zero-order valence-corrected chi connectivity index (χ0v) is 13.6. The number of nitrogens with zero attached hydrogens (tertiary/aromatic N) is 1. The summed E-state index contributed by atoms with van der Waals surface area (Å²) in [6, 6.07) is 8.41. The van der Waals surface area contributed by atoms with E-state index in [1.54, 1.807) is 11.4 Å². The van der Waals surface area contributed by atoms with E-state index in [0.717, 1.165) is 0 Å². The highest BCUT2D eigenvalue weighted by molar-refractivity contribution is 5.92. The van der Waals surface area contributed by atoms with Crippen molar-refractivity contribution in [1.29, 1.82) is 0 Å². The molecule has 0 unspecified atom stereocenters. The molecule has 1 aromatic carbocycles. The number of hydrogen-bond donors (Lipinski definition) is 1. The highest BCUT2D eigenvalue weighted by Crippen LogP contribution is 2.12. The van der Waals surface area contributed by atoms with Crippen molar-refractivity contribution in [3.8, 4) is 11.8 Å². The van der Waals surface area contributed by atoms with Crippen molar-refractivity contribution in [3.63, 3.8) is 0 Å². The molecule has 25 heavy (non-hydrogen) atoms. The van der Waals surface area contributed by atoms with Gasteiger partial charge in [0.15, 0.2) is 0 Å². The Morgan fingerprint density at radius 1 is 1.12 bits per heavy atom. The average molecular weight is 352 g/mol. The Kier molecular flexibility index (Phi) is 7.60. The van der Waals surface area contributed by atoms with Crippen LogP contribution in [0.3, 0.4) is 0 Å². The van der Waals surface area contributed by atoms with Gasteiger partial charge in [0.2, 0.25) is 0 Å². The van der Waals surface area contributed by atoms with E-state index >= 15 is 0 Å². The topological polar surface area (TPSA) is 42.0 Å². The molecule has 0 bridgehead atoms. The van der Waals surface area contributed by atoms with Crippen LogP contribution in [0.5, 0.6) is 0 Å². The minimum Gasteiger partial charge on any atom is -0.342 e. The Labute approximate surface area is 143 Å². The first-order chi connectivity index (χ1) is 11.8. The minimum atomic E-state index is -4.48. The predicted molar refractivity (Wildman–Crippen MR) is 86.4 cm³/mol. The number of aromatic nitrogens is 1. The van der Waals surface area contributed by atoms with Crippen LogP contribution in [0.1, 0.15) is 35.5 Å². The zero-order chi connectivity index (χ0) is 18.9. The van der Waals surface area contributed by atoms with Gasteiger partial charge < -0.3 is 5.32 Å². The second-order valence-corrected chi connectivity index (χ2v) is 4.49. The van der Waals surface area contributed by atoms with Crippen molar-refractivity contribution in [3.05, 3.63) is 65.2 Å². The van der Waals surface area contributed by atoms with Gasteiger partial charge in [0.1, 0.15) is 18.1 Å². The van der Waals surface area contributed by atoms with Gasteiger partial charge in [0.05, 0.1) is 0 Å². The number of hydrogen-bond acceptors (Lipinski definition) is 2. The zero-order valence-electron chi connectivity index (χ0n) is 13.6. The molecule has 1 amide bonds. The molecule has 2 rings (SSSR count). The highest BCUT2D eigenvalue weighted by Gasteiger charge is 2.28. The van der Waals surface area contributed by atoms with E-state index in [0.29, 0.717) is 11.1 Å². The summed E-state index contributed by atoms with van der Waals surface area (Å²) >= 11 is 0. The average Bonchev–Trinajstić information content (AvgIpc) is 2.59. The quantitative estimate of drug-likeness (QED) is 0.657. The molecule has 3 nitrogen and oxygen atoms in total. The van der Waals surface area contributed by atoms with Gasteiger partial charge in [-0.15, -0.1) is 0 Å². The van der Waals surface area contributed by atoms with E-state index in [1.165, 1.54) is 36.5 Å². The molecule has 0 saturated carbocycles. The van der Waals surface area contributed by atoms with E-state index < -0.39 is 24.4 Å². The highest BCUT2D eigenvalue weighted by atomic mass is 19.4. The number of carbonyl (C=O) groups excluding carboxylic acids is 1. The van der Waals surface area contributed by atoms with Gasteiger partial charge in [-0.2, -0.15) is 13.2 Å². The van der Waals surface area contributed by atoms with E-state index in [9.17, 15) is 22.4 Å². The summed E-state index contributed by atoms with van der Waals surface area (Å²) in [5.74, 6) is 4.10. The second kappa shape index (κ2) is 9.42. The molecular weight excluding hydrogens is 336 g/mol. The summed E-state index contributed by atoms with van der Waals surface area (Å²) in [5, 5.41) is 1.72. The number of pyridine rings is 1. The van der Waals surface area contributed by atoms with Crippen LogP contribution in [-0.2, 0) is 0 Å². The molecule has 0 atom stereocenters. The Balaban J connectivity index is 0.00000151. The number of halogens is 4. The smallest absolute Gasteiger partial charge is 0.342 e. The fraction of sp³-hybridized carbons (Fsp3) is 0.222. The normalized spacial score (nSPS) is 10.0. The maximum absolute atomic E-state index is 13.0. The molecule has 1 N–H and O–H groups in total. The largest absolute Gasteiger partial charge is 0.405 e. The van der Waals surface area contributed by atoms with Gasteiger partial charge in [0.25, 0.3) is 5.91 Å². The minimum absolute atomic E-state index is 0.148. The standard InChI is InChI=1S/C16H10F4N2O.C2H6/c17-13-3-1-2-11(8-13)4-5-12-6-7-14(21-9-12)15(23)22-10-16(18,19)20;1-2/h1-3,6-9H,10H2,(H,22,23);1-2H3. The van der Waals surface area contributed by atoms with Gasteiger partial charge in [-0.1, -0.05) is 31.8 Å². The van der Waals surface area contributed by atoms with E-state index in [1.807, 2.05) is 13.8 Å². The fourth-order valence-corrected chi connectivity index (χ4v) is 1.58. The van der Waals surface area contributed by atoms with Crippen molar-refractivity contribution >= 4 is 5.91 Å². The maximum Gasteiger partial charge on any atom is 0.405 e. The lowest BCUT2D eigenvalue weighted by Crippen LogP contribution is -2.34. The third kappa shape index (κ3) is 7.48. The van der Waals surface area contributed by atoms with Crippen molar-refractivity contribution in [2.75, 3.05) is 6.54 Å². The Bertz CT molecular complexity index is 759. The molecule has 0 saturated heterocycles. The molecule has 0 aliphatic heterocycles. The molecule has 2 aromatic rings. The lowest BCUT2D eigenvalue weighted by Gasteiger charge is -2.07. The lowest BCUT2D eigenvalue weighted by atomic mass is 10.2. The SMILES string of the molecule is CC.O=C(NCC(F)(F)F)c1ccc(C#Cc2cccc(F)c2)cn1. The van der Waals surface area contributed by atoms with Crippen molar-refractivity contribution in [2.45, 2.75) is 20.0 Å². The molecule has 0 fully saturated rings. The number of nitrogens with one attached hydrogen (secondary N) is 1. The van der Waals surface area contributed by atoms with Gasteiger partial charge in [0, 0.05) is 17.3 Å². The van der Waals surface area contributed by atoms with Gasteiger partial charge >= 0.3 is 6.18 Å². The summed E-state index contributed by atoms with van der Waals surface area (Å²) in [7, 11) is 0. The summed E-state index contributed by atoms with van der Waals surface area (Å²) in [6.07, 6.45) is -3.22. The summed E-state index contributed by atoms with van der Waals surface area (Å²) < 4.78 is 49.0. The Hall–Kier alpha value is -2.88. The second-order valence-electron chi connectivity index (χ2n) is 4.49. The monoisotopic (exact) mass is 352 g/mol. The van der Waals surface area contributed by atoms with Crippen LogP contribution in [0.25, 0.3) is 0 Å². The van der Waals surface area contributed by atoms with Crippen LogP contribution in [0.2, 0.25) is 0 Å². The van der Waals surface area contributed by atoms with Gasteiger partial charge in [-0.05, 0) is 30.3 Å². The Morgan fingerprint density at radius 3 is 2.36 bits per heavy atom. The van der Waals surface area contributed by atoms with Crippen molar-refractivity contribution in [2.24, 2.45) is 0 Å². The van der Waals surface area contributed by atoms with E-state index in [2.05, 4.69) is 16.8 Å². The molecule has 132 valence electrons. The third-order valence-electron chi connectivity index (χ3n) is 2.62. The maximum atomic E-state index is 13.0. The van der Waals surface area contributed by atoms with Crippen molar-refractivity contribution < 1.29 is 22.4 Å². The summed E-state index contributed by atoms with van der Waals surface area (Å²) in [4.78, 5) is 15.2. The molecule has 1 heterocycles. The number of benzene rings is 1. The van der Waals surface area contributed by atoms with Gasteiger partial charge in [-0.25, -0.2) is 9.37 Å². The number of alkyl halides is 3. The van der Waals surface area contributed by atoms with E-state index in [4.69, 9.17) is 0 Å². The van der Waals surface area contributed by atoms with Crippen LogP contribution < -0.4 is 5.32 Å². The fourth-order valence-electron chi connectivity index (χ4n) is 1.58.